The molecule has 4 nitrogen and oxygen atoms in total. The van der Waals surface area contributed by atoms with Crippen molar-refractivity contribution in [3.05, 3.63) is 23.9 Å². The first-order valence-electron chi connectivity index (χ1n) is 7.22. The van der Waals surface area contributed by atoms with Crippen molar-refractivity contribution in [2.45, 2.75) is 50.6 Å². The number of nitrogens with two attached hydrogens (primary N) is 1. The molecule has 3 rings (SSSR count). The number of hydrogen-bond donors (Lipinski definition) is 2. The Morgan fingerprint density at radius 1 is 1.42 bits per heavy atom. The topological polar surface area (TPSA) is 68.0 Å². The molecule has 0 bridgehead atoms. The van der Waals surface area contributed by atoms with E-state index in [1.807, 2.05) is 12.1 Å². The molecule has 1 saturated carbocycles. The number of rotatable bonds is 3. The van der Waals surface area contributed by atoms with Crippen molar-refractivity contribution >= 4 is 11.6 Å². The van der Waals surface area contributed by atoms with Gasteiger partial charge in [-0.3, -0.25) is 4.79 Å². The summed E-state index contributed by atoms with van der Waals surface area (Å²) in [5.74, 6) is 1.44. The van der Waals surface area contributed by atoms with Crippen LogP contribution >= 0.6 is 0 Å². The van der Waals surface area contributed by atoms with E-state index in [-0.39, 0.29) is 11.8 Å². The fourth-order valence-corrected chi connectivity index (χ4v) is 3.47. The number of pyridine rings is 1. The summed E-state index contributed by atoms with van der Waals surface area (Å²) in [6.07, 6.45) is 8.18. The average Bonchev–Trinajstić information content (AvgIpc) is 2.85. The minimum absolute atomic E-state index is 0.0210. The molecule has 0 spiro atoms. The fourth-order valence-electron chi connectivity index (χ4n) is 3.47. The van der Waals surface area contributed by atoms with Gasteiger partial charge in [-0.1, -0.05) is 18.9 Å². The summed E-state index contributed by atoms with van der Waals surface area (Å²) in [4.78, 5) is 16.4. The Hall–Kier alpha value is -1.42. The number of nitrogens with one attached hydrogen (secondary N) is 1. The lowest BCUT2D eigenvalue weighted by atomic mass is 9.84. The molecule has 4 heteroatoms. The van der Waals surface area contributed by atoms with Crippen LogP contribution in [0.3, 0.4) is 0 Å². The maximum absolute atomic E-state index is 12.4. The molecule has 1 saturated heterocycles. The van der Waals surface area contributed by atoms with E-state index in [4.69, 9.17) is 5.73 Å². The molecule has 0 radical (unpaired) electrons. The molecule has 1 aromatic heterocycles. The van der Waals surface area contributed by atoms with E-state index in [0.29, 0.717) is 24.2 Å². The van der Waals surface area contributed by atoms with Crippen LogP contribution in [-0.4, -0.2) is 22.9 Å². The van der Waals surface area contributed by atoms with E-state index >= 15 is 0 Å². The van der Waals surface area contributed by atoms with Crippen molar-refractivity contribution < 1.29 is 4.79 Å². The van der Waals surface area contributed by atoms with Crippen molar-refractivity contribution in [3.63, 3.8) is 0 Å². The molecule has 2 heterocycles. The molecule has 3 atom stereocenters. The number of fused-ring (bicyclic) bond motifs is 1. The molecule has 19 heavy (non-hydrogen) atoms. The molecule has 0 amide bonds. The first-order chi connectivity index (χ1) is 9.24. The van der Waals surface area contributed by atoms with Gasteiger partial charge in [0.05, 0.1) is 6.04 Å². The molecule has 2 fully saturated rings. The van der Waals surface area contributed by atoms with Crippen molar-refractivity contribution in [2.75, 3.05) is 5.73 Å². The maximum Gasteiger partial charge on any atom is 0.154 e. The maximum atomic E-state index is 12.4. The van der Waals surface area contributed by atoms with Gasteiger partial charge in [-0.15, -0.1) is 0 Å². The predicted molar refractivity (Wildman–Crippen MR) is 74.6 cm³/mol. The first kappa shape index (κ1) is 12.6. The van der Waals surface area contributed by atoms with Crippen molar-refractivity contribution in [3.8, 4) is 0 Å². The molecule has 1 aliphatic carbocycles. The summed E-state index contributed by atoms with van der Waals surface area (Å²) >= 11 is 0. The second-order valence-corrected chi connectivity index (χ2v) is 5.80. The van der Waals surface area contributed by atoms with Gasteiger partial charge in [0.25, 0.3) is 0 Å². The lowest BCUT2D eigenvalue weighted by Crippen LogP contribution is -2.37. The van der Waals surface area contributed by atoms with E-state index in [9.17, 15) is 4.79 Å². The third-order valence-electron chi connectivity index (χ3n) is 4.54. The Kier molecular flexibility index (Phi) is 3.51. The Balaban J connectivity index is 1.64. The van der Waals surface area contributed by atoms with Crippen molar-refractivity contribution in [1.82, 2.24) is 10.3 Å². The molecule has 3 unspecified atom stereocenters. The monoisotopic (exact) mass is 259 g/mol. The summed E-state index contributed by atoms with van der Waals surface area (Å²) in [5, 5.41) is 3.52. The van der Waals surface area contributed by atoms with E-state index in [1.165, 1.54) is 25.7 Å². The zero-order valence-corrected chi connectivity index (χ0v) is 11.1. The fraction of sp³-hybridized carbons (Fsp3) is 0.600. The normalized spacial score (nSPS) is 30.0. The van der Waals surface area contributed by atoms with Crippen LogP contribution in [0.4, 0.5) is 5.82 Å². The van der Waals surface area contributed by atoms with Gasteiger partial charge in [0.15, 0.2) is 5.78 Å². The number of anilines is 1. The highest BCUT2D eigenvalue weighted by atomic mass is 16.1. The summed E-state index contributed by atoms with van der Waals surface area (Å²) in [6.45, 7) is 0. The Labute approximate surface area is 113 Å². The molecule has 1 aliphatic heterocycles. The zero-order chi connectivity index (χ0) is 13.2. The SMILES string of the molecule is Nc1ncccc1CC(=O)C1CC2CCCCC2N1. The lowest BCUT2D eigenvalue weighted by molar-refractivity contribution is -0.120. The Morgan fingerprint density at radius 3 is 3.05 bits per heavy atom. The van der Waals surface area contributed by atoms with Crippen LogP contribution in [0.1, 0.15) is 37.7 Å². The Morgan fingerprint density at radius 2 is 2.26 bits per heavy atom. The van der Waals surface area contributed by atoms with Crippen LogP contribution in [0.15, 0.2) is 18.3 Å². The minimum atomic E-state index is 0.0210. The van der Waals surface area contributed by atoms with Crippen LogP contribution in [0.2, 0.25) is 0 Å². The number of carbonyl (C=O) groups excluding carboxylic acids is 1. The molecular formula is C15H21N3O. The van der Waals surface area contributed by atoms with Gasteiger partial charge in [0, 0.05) is 24.2 Å². The van der Waals surface area contributed by atoms with Crippen molar-refractivity contribution in [2.24, 2.45) is 5.92 Å². The first-order valence-corrected chi connectivity index (χ1v) is 7.22. The summed E-state index contributed by atoms with van der Waals surface area (Å²) in [7, 11) is 0. The average molecular weight is 259 g/mol. The molecule has 2 aliphatic rings. The van der Waals surface area contributed by atoms with Gasteiger partial charge in [-0.2, -0.15) is 0 Å². The third kappa shape index (κ3) is 2.63. The second-order valence-electron chi connectivity index (χ2n) is 5.80. The van der Waals surface area contributed by atoms with Gasteiger partial charge < -0.3 is 11.1 Å². The van der Waals surface area contributed by atoms with Gasteiger partial charge in [0.2, 0.25) is 0 Å². The van der Waals surface area contributed by atoms with Crippen molar-refractivity contribution in [1.29, 1.82) is 0 Å². The highest BCUT2D eigenvalue weighted by Gasteiger charge is 2.37. The van der Waals surface area contributed by atoms with Gasteiger partial charge >= 0.3 is 0 Å². The van der Waals surface area contributed by atoms with Gasteiger partial charge in [0.1, 0.15) is 5.82 Å². The number of aromatic nitrogens is 1. The number of carbonyl (C=O) groups is 1. The highest BCUT2D eigenvalue weighted by molar-refractivity contribution is 5.87. The predicted octanol–water partition coefficient (Wildman–Crippen LogP) is 1.70. The van der Waals surface area contributed by atoms with Crippen LogP contribution < -0.4 is 11.1 Å². The second kappa shape index (κ2) is 5.29. The van der Waals surface area contributed by atoms with E-state index < -0.39 is 0 Å². The molecule has 102 valence electrons. The van der Waals surface area contributed by atoms with Crippen LogP contribution in [0.25, 0.3) is 0 Å². The standard InChI is InChI=1S/C15H21N3O/c16-15-11(5-3-7-17-15)9-14(19)13-8-10-4-1-2-6-12(10)18-13/h3,5,7,10,12-13,18H,1-2,4,6,8-9H2,(H2,16,17). The number of ketones is 1. The quantitative estimate of drug-likeness (QED) is 0.867. The molecule has 3 N–H and O–H groups in total. The Bertz CT molecular complexity index is 460. The minimum Gasteiger partial charge on any atom is -0.383 e. The smallest absolute Gasteiger partial charge is 0.154 e. The summed E-state index contributed by atoms with van der Waals surface area (Å²) < 4.78 is 0. The summed E-state index contributed by atoms with van der Waals surface area (Å²) in [5.41, 5.74) is 6.65. The number of hydrogen-bond acceptors (Lipinski definition) is 4. The zero-order valence-electron chi connectivity index (χ0n) is 11.1. The van der Waals surface area contributed by atoms with E-state index in [1.54, 1.807) is 6.20 Å². The summed E-state index contributed by atoms with van der Waals surface area (Å²) in [6, 6.07) is 4.31. The number of nitrogens with zero attached hydrogens (tertiary/aromatic N) is 1. The molecular weight excluding hydrogens is 238 g/mol. The number of Topliss-reactive ketones (excluding diaryl/α,β-unsaturated/α-hetero) is 1. The molecule has 0 aromatic carbocycles. The number of nitrogen functional groups attached to an aromatic ring is 1. The lowest BCUT2D eigenvalue weighted by Gasteiger charge is -2.24. The van der Waals surface area contributed by atoms with E-state index in [0.717, 1.165) is 12.0 Å². The molecule has 1 aromatic rings. The van der Waals surface area contributed by atoms with Gasteiger partial charge in [-0.05, 0) is 31.2 Å². The largest absolute Gasteiger partial charge is 0.383 e. The van der Waals surface area contributed by atoms with Crippen LogP contribution in [-0.2, 0) is 11.2 Å². The van der Waals surface area contributed by atoms with Crippen LogP contribution in [0.5, 0.6) is 0 Å². The highest BCUT2D eigenvalue weighted by Crippen LogP contribution is 2.33. The van der Waals surface area contributed by atoms with Gasteiger partial charge in [-0.25, -0.2) is 4.98 Å². The van der Waals surface area contributed by atoms with E-state index in [2.05, 4.69) is 10.3 Å². The third-order valence-corrected chi connectivity index (χ3v) is 4.54. The van der Waals surface area contributed by atoms with Crippen LogP contribution in [0, 0.1) is 5.92 Å².